The number of thiazole rings is 1. The summed E-state index contributed by atoms with van der Waals surface area (Å²) in [7, 11) is 0. The lowest BCUT2D eigenvalue weighted by atomic mass is 10.0. The average molecular weight is 425 g/mol. The summed E-state index contributed by atoms with van der Waals surface area (Å²) in [6.45, 7) is 4.38. The Kier molecular flexibility index (Phi) is 7.11. The lowest BCUT2D eigenvalue weighted by Crippen LogP contribution is -2.08. The van der Waals surface area contributed by atoms with E-state index in [-0.39, 0.29) is 18.2 Å². The van der Waals surface area contributed by atoms with Crippen molar-refractivity contribution in [2.75, 3.05) is 11.6 Å². The zero-order valence-corrected chi connectivity index (χ0v) is 18.0. The van der Waals surface area contributed by atoms with Crippen LogP contribution in [0.4, 0.5) is 10.8 Å². The Morgan fingerprint density at radius 3 is 2.69 bits per heavy atom. The predicted octanol–water partition coefficient (Wildman–Crippen LogP) is 6.17. The van der Waals surface area contributed by atoms with Crippen LogP contribution in [0.5, 0.6) is 0 Å². The number of halogens is 1. The second kappa shape index (κ2) is 8.90. The van der Waals surface area contributed by atoms with Gasteiger partial charge in [-0.25, -0.2) is 4.98 Å². The van der Waals surface area contributed by atoms with Gasteiger partial charge in [-0.05, 0) is 29.9 Å². The minimum absolute atomic E-state index is 0. The zero-order chi connectivity index (χ0) is 18.0. The van der Waals surface area contributed by atoms with Crippen LogP contribution in [0.1, 0.15) is 30.2 Å². The van der Waals surface area contributed by atoms with Gasteiger partial charge in [0, 0.05) is 16.6 Å². The monoisotopic (exact) mass is 424 g/mol. The van der Waals surface area contributed by atoms with Crippen molar-refractivity contribution in [3.63, 3.8) is 0 Å². The fraction of sp³-hybridized carbons (Fsp3) is 0.222. The van der Waals surface area contributed by atoms with Crippen LogP contribution in [0.2, 0.25) is 0 Å². The Balaban J connectivity index is 0.00000243. The lowest BCUT2D eigenvalue weighted by Gasteiger charge is -2.12. The summed E-state index contributed by atoms with van der Waals surface area (Å²) in [6.07, 6.45) is 2.03. The highest BCUT2D eigenvalue weighted by Crippen LogP contribution is 2.39. The Morgan fingerprint density at radius 1 is 1.31 bits per heavy atom. The Labute approximate surface area is 172 Å². The van der Waals surface area contributed by atoms with E-state index in [0.29, 0.717) is 5.92 Å². The first-order chi connectivity index (χ1) is 12.0. The molecule has 4 nitrogen and oxygen atoms in total. The van der Waals surface area contributed by atoms with Gasteiger partial charge in [-0.15, -0.1) is 46.8 Å². The second-order valence-electron chi connectivity index (χ2n) is 5.83. The third-order valence-corrected chi connectivity index (χ3v) is 6.81. The number of benzene rings is 1. The number of nitrogens with zero attached hydrogens (tertiary/aromatic N) is 1. The third kappa shape index (κ3) is 4.40. The van der Waals surface area contributed by atoms with Gasteiger partial charge in [0.05, 0.1) is 14.8 Å². The maximum atomic E-state index is 7.65. The van der Waals surface area contributed by atoms with E-state index in [1.165, 1.54) is 16.9 Å². The normalized spacial score (nSPS) is 10.6. The number of hydrogen-bond acceptors (Lipinski definition) is 6. The molecule has 0 saturated carbocycles. The molecule has 3 aromatic rings. The largest absolute Gasteiger partial charge is 0.383 e. The van der Waals surface area contributed by atoms with E-state index >= 15 is 0 Å². The molecular weight excluding hydrogens is 404 g/mol. The van der Waals surface area contributed by atoms with Crippen molar-refractivity contribution >= 4 is 63.5 Å². The summed E-state index contributed by atoms with van der Waals surface area (Å²) < 4.78 is 1.13. The summed E-state index contributed by atoms with van der Waals surface area (Å²) in [5.74, 6) is 0.548. The van der Waals surface area contributed by atoms with Gasteiger partial charge in [0.2, 0.25) is 0 Å². The molecule has 0 atom stereocenters. The van der Waals surface area contributed by atoms with Crippen LogP contribution >= 0.6 is 46.8 Å². The molecule has 0 aliphatic rings. The highest BCUT2D eigenvalue weighted by molar-refractivity contribution is 8.00. The first-order valence-electron chi connectivity index (χ1n) is 7.83. The van der Waals surface area contributed by atoms with Crippen molar-refractivity contribution < 1.29 is 0 Å². The molecule has 0 fully saturated rings. The lowest BCUT2D eigenvalue weighted by molar-refractivity contribution is 0.869. The SMILES string of the molecule is CSc1sc(C(=N)N)cc1-c1csc(Nc2ccccc2C(C)C)n1.Cl. The van der Waals surface area contributed by atoms with Crippen LogP contribution in [0.15, 0.2) is 39.9 Å². The van der Waals surface area contributed by atoms with Gasteiger partial charge < -0.3 is 11.1 Å². The van der Waals surface area contributed by atoms with E-state index in [0.717, 1.165) is 31.2 Å². The number of nitrogens with one attached hydrogen (secondary N) is 2. The molecule has 138 valence electrons. The highest BCUT2D eigenvalue weighted by atomic mass is 35.5. The number of nitrogen functional groups attached to an aromatic ring is 1. The minimum Gasteiger partial charge on any atom is -0.383 e. The molecule has 26 heavy (non-hydrogen) atoms. The van der Waals surface area contributed by atoms with Crippen LogP contribution in [-0.4, -0.2) is 17.1 Å². The molecule has 0 amide bonds. The van der Waals surface area contributed by atoms with Gasteiger partial charge in [0.25, 0.3) is 0 Å². The fourth-order valence-corrected chi connectivity index (χ4v) is 4.99. The van der Waals surface area contributed by atoms with Gasteiger partial charge in [-0.1, -0.05) is 32.0 Å². The second-order valence-corrected chi connectivity index (χ2v) is 8.82. The van der Waals surface area contributed by atoms with E-state index in [4.69, 9.17) is 16.1 Å². The fourth-order valence-electron chi connectivity index (χ4n) is 2.52. The summed E-state index contributed by atoms with van der Waals surface area (Å²) in [4.78, 5) is 5.53. The van der Waals surface area contributed by atoms with Crippen LogP contribution in [-0.2, 0) is 0 Å². The molecular formula is C18H21ClN4S3. The Bertz CT molecular complexity index is 901. The number of anilines is 2. The molecule has 2 heterocycles. The molecule has 0 aliphatic heterocycles. The van der Waals surface area contributed by atoms with Crippen LogP contribution in [0, 0.1) is 5.41 Å². The number of nitrogens with two attached hydrogens (primary N) is 1. The summed E-state index contributed by atoms with van der Waals surface area (Å²) in [5.41, 5.74) is 9.97. The number of rotatable bonds is 6. The number of thiophene rings is 1. The van der Waals surface area contributed by atoms with Crippen LogP contribution in [0.3, 0.4) is 0 Å². The summed E-state index contributed by atoms with van der Waals surface area (Å²) in [5, 5.41) is 14.0. The molecule has 2 aromatic heterocycles. The maximum absolute atomic E-state index is 7.65. The van der Waals surface area contributed by atoms with E-state index < -0.39 is 0 Å². The molecule has 0 aliphatic carbocycles. The predicted molar refractivity (Wildman–Crippen MR) is 119 cm³/mol. The van der Waals surface area contributed by atoms with Gasteiger partial charge in [0.1, 0.15) is 5.84 Å². The minimum atomic E-state index is 0. The molecule has 3 rings (SSSR count). The van der Waals surface area contributed by atoms with Crippen molar-refractivity contribution in [2.24, 2.45) is 5.73 Å². The molecule has 0 unspecified atom stereocenters. The Hall–Kier alpha value is -1.54. The highest BCUT2D eigenvalue weighted by Gasteiger charge is 2.15. The van der Waals surface area contributed by atoms with Crippen molar-refractivity contribution in [1.29, 1.82) is 5.41 Å². The van der Waals surface area contributed by atoms with E-state index in [2.05, 4.69) is 37.4 Å². The molecule has 1 aromatic carbocycles. The van der Waals surface area contributed by atoms with E-state index in [1.807, 2.05) is 23.8 Å². The van der Waals surface area contributed by atoms with Gasteiger partial charge in [-0.3, -0.25) is 5.41 Å². The van der Waals surface area contributed by atoms with Crippen molar-refractivity contribution in [3.05, 3.63) is 46.2 Å². The topological polar surface area (TPSA) is 74.8 Å². The van der Waals surface area contributed by atoms with Crippen molar-refractivity contribution in [3.8, 4) is 11.3 Å². The molecule has 0 saturated heterocycles. The molecule has 4 N–H and O–H groups in total. The number of para-hydroxylation sites is 1. The number of amidine groups is 1. The van der Waals surface area contributed by atoms with Gasteiger partial charge in [-0.2, -0.15) is 0 Å². The van der Waals surface area contributed by atoms with Crippen LogP contribution in [0.25, 0.3) is 11.3 Å². The third-order valence-electron chi connectivity index (χ3n) is 3.75. The molecule has 0 spiro atoms. The van der Waals surface area contributed by atoms with Crippen molar-refractivity contribution in [1.82, 2.24) is 4.98 Å². The summed E-state index contributed by atoms with van der Waals surface area (Å²) in [6, 6.07) is 10.3. The molecule has 0 radical (unpaired) electrons. The Morgan fingerprint density at radius 2 is 2.04 bits per heavy atom. The summed E-state index contributed by atoms with van der Waals surface area (Å²) >= 11 is 4.78. The first-order valence-corrected chi connectivity index (χ1v) is 10.8. The standard InChI is InChI=1S/C18H20N4S3.ClH/c1-10(2)11-6-4-5-7-13(11)21-18-22-14(9-24-18)12-8-15(16(19)20)25-17(12)23-3;/h4-10H,1-3H3,(H3,19,20)(H,21,22);1H. The van der Waals surface area contributed by atoms with Gasteiger partial charge >= 0.3 is 0 Å². The average Bonchev–Trinajstić information content (AvgIpc) is 3.21. The van der Waals surface area contributed by atoms with E-state index in [9.17, 15) is 0 Å². The van der Waals surface area contributed by atoms with Crippen molar-refractivity contribution in [2.45, 2.75) is 24.0 Å². The zero-order valence-electron chi connectivity index (χ0n) is 14.7. The first kappa shape index (κ1) is 20.8. The number of hydrogen-bond donors (Lipinski definition) is 3. The molecule has 0 bridgehead atoms. The quantitative estimate of drug-likeness (QED) is 0.251. The van der Waals surface area contributed by atoms with Crippen LogP contribution < -0.4 is 11.1 Å². The number of thioether (sulfide) groups is 1. The van der Waals surface area contributed by atoms with Gasteiger partial charge in [0.15, 0.2) is 5.13 Å². The molecule has 8 heteroatoms. The maximum Gasteiger partial charge on any atom is 0.187 e. The van der Waals surface area contributed by atoms with E-state index in [1.54, 1.807) is 23.1 Å². The number of aromatic nitrogens is 1. The smallest absolute Gasteiger partial charge is 0.187 e.